The molecule has 0 saturated carbocycles. The first-order chi connectivity index (χ1) is 6.24. The van der Waals surface area contributed by atoms with Crippen LogP contribution < -0.4 is 0 Å². The van der Waals surface area contributed by atoms with Crippen molar-refractivity contribution < 1.29 is 0 Å². The van der Waals surface area contributed by atoms with E-state index in [9.17, 15) is 0 Å². The summed E-state index contributed by atoms with van der Waals surface area (Å²) in [6, 6.07) is 0. The largest absolute Gasteiger partial charge is 0.342 e. The second-order valence-electron chi connectivity index (χ2n) is 2.65. The maximum absolute atomic E-state index is 6.09. The Bertz CT molecular complexity index is 450. The monoisotopic (exact) mass is 215 g/mol. The van der Waals surface area contributed by atoms with Gasteiger partial charge in [0.25, 0.3) is 0 Å². The number of H-pyrrole nitrogens is 1. The quantitative estimate of drug-likeness (QED) is 0.744. The van der Waals surface area contributed by atoms with Crippen LogP contribution in [0.2, 0.25) is 10.2 Å². The van der Waals surface area contributed by atoms with Gasteiger partial charge in [0.2, 0.25) is 0 Å². The lowest BCUT2D eigenvalue weighted by atomic mass is 10.2. The summed E-state index contributed by atoms with van der Waals surface area (Å²) >= 11 is 12.0. The van der Waals surface area contributed by atoms with Gasteiger partial charge in [0.05, 0.1) is 11.3 Å². The molecule has 3 nitrogen and oxygen atoms in total. The molecule has 0 unspecified atom stereocenters. The van der Waals surface area contributed by atoms with E-state index >= 15 is 0 Å². The summed E-state index contributed by atoms with van der Waals surface area (Å²) in [7, 11) is 0. The molecule has 68 valence electrons. The fraction of sp³-hybridized carbons (Fsp3) is 0.250. The van der Waals surface area contributed by atoms with Gasteiger partial charge in [-0.25, -0.2) is 9.97 Å². The maximum atomic E-state index is 6.09. The average molecular weight is 216 g/mol. The van der Waals surface area contributed by atoms with Crippen LogP contribution in [0.3, 0.4) is 0 Å². The molecule has 0 atom stereocenters. The zero-order valence-electron chi connectivity index (χ0n) is 6.93. The molecule has 1 N–H and O–H groups in total. The average Bonchev–Trinajstić information content (AvgIpc) is 2.53. The third-order valence-corrected chi connectivity index (χ3v) is 2.64. The Hall–Kier alpha value is -0.800. The van der Waals surface area contributed by atoms with Crippen molar-refractivity contribution in [2.45, 2.75) is 13.3 Å². The van der Waals surface area contributed by atoms with E-state index in [0.717, 1.165) is 17.5 Å². The van der Waals surface area contributed by atoms with Gasteiger partial charge in [-0.3, -0.25) is 0 Å². The van der Waals surface area contributed by atoms with E-state index in [1.165, 1.54) is 0 Å². The molecule has 0 saturated heterocycles. The highest BCUT2D eigenvalue weighted by Gasteiger charge is 2.11. The predicted molar refractivity (Wildman–Crippen MR) is 53.3 cm³/mol. The second-order valence-corrected chi connectivity index (χ2v) is 3.39. The first-order valence-electron chi connectivity index (χ1n) is 3.91. The zero-order valence-corrected chi connectivity index (χ0v) is 8.45. The molecule has 2 rings (SSSR count). The minimum absolute atomic E-state index is 0.437. The fourth-order valence-corrected chi connectivity index (χ4v) is 1.96. The molecule has 0 aromatic carbocycles. The van der Waals surface area contributed by atoms with E-state index in [-0.39, 0.29) is 0 Å². The fourth-order valence-electron chi connectivity index (χ4n) is 1.24. The number of aromatic nitrogens is 3. The van der Waals surface area contributed by atoms with E-state index in [0.29, 0.717) is 15.8 Å². The number of nitrogens with one attached hydrogen (secondary N) is 1. The van der Waals surface area contributed by atoms with Gasteiger partial charge in [-0.2, -0.15) is 0 Å². The van der Waals surface area contributed by atoms with Crippen molar-refractivity contribution >= 4 is 34.4 Å². The highest BCUT2D eigenvalue weighted by Crippen LogP contribution is 2.28. The molecule has 0 bridgehead atoms. The van der Waals surface area contributed by atoms with Crippen LogP contribution in [0, 0.1) is 0 Å². The van der Waals surface area contributed by atoms with Crippen LogP contribution in [0.15, 0.2) is 6.33 Å². The van der Waals surface area contributed by atoms with Crippen molar-refractivity contribution in [2.75, 3.05) is 0 Å². The summed E-state index contributed by atoms with van der Waals surface area (Å²) in [4.78, 5) is 11.0. The molecule has 0 aliphatic carbocycles. The van der Waals surface area contributed by atoms with Crippen LogP contribution in [0.1, 0.15) is 12.5 Å². The molecule has 0 radical (unpaired) electrons. The number of rotatable bonds is 1. The Kier molecular flexibility index (Phi) is 2.14. The van der Waals surface area contributed by atoms with E-state index in [1.807, 2.05) is 6.92 Å². The van der Waals surface area contributed by atoms with Crippen molar-refractivity contribution in [1.82, 2.24) is 15.0 Å². The summed E-state index contributed by atoms with van der Waals surface area (Å²) < 4.78 is 0. The first-order valence-corrected chi connectivity index (χ1v) is 4.66. The van der Waals surface area contributed by atoms with Gasteiger partial charge < -0.3 is 4.98 Å². The van der Waals surface area contributed by atoms with Crippen LogP contribution in [0.5, 0.6) is 0 Å². The van der Waals surface area contributed by atoms with Crippen molar-refractivity contribution in [3.63, 3.8) is 0 Å². The van der Waals surface area contributed by atoms with Crippen LogP contribution >= 0.6 is 23.2 Å². The molecule has 0 aliphatic rings. The third kappa shape index (κ3) is 1.28. The van der Waals surface area contributed by atoms with E-state index in [2.05, 4.69) is 15.0 Å². The number of hydrogen-bond acceptors (Lipinski definition) is 2. The number of fused-ring (bicyclic) bond motifs is 1. The summed E-state index contributed by atoms with van der Waals surface area (Å²) in [5.74, 6) is 0. The molecule has 0 spiro atoms. The van der Waals surface area contributed by atoms with Crippen LogP contribution in [0.4, 0.5) is 0 Å². The topological polar surface area (TPSA) is 41.6 Å². The highest BCUT2D eigenvalue weighted by atomic mass is 35.5. The summed E-state index contributed by atoms with van der Waals surface area (Å²) in [5.41, 5.74) is 2.18. The normalized spacial score (nSPS) is 11.0. The van der Waals surface area contributed by atoms with Gasteiger partial charge in [0.1, 0.15) is 10.7 Å². The lowest BCUT2D eigenvalue weighted by molar-refractivity contribution is 1.12. The van der Waals surface area contributed by atoms with E-state index in [1.54, 1.807) is 6.33 Å². The lowest BCUT2D eigenvalue weighted by Gasteiger charge is -2.02. The molecule has 2 heterocycles. The smallest absolute Gasteiger partial charge is 0.180 e. The highest BCUT2D eigenvalue weighted by molar-refractivity contribution is 6.38. The molecule has 13 heavy (non-hydrogen) atoms. The molecule has 2 aromatic rings. The Morgan fingerprint density at radius 3 is 2.92 bits per heavy atom. The number of aromatic amines is 1. The van der Waals surface area contributed by atoms with Crippen molar-refractivity contribution in [1.29, 1.82) is 0 Å². The number of halogens is 2. The van der Waals surface area contributed by atoms with Gasteiger partial charge in [-0.15, -0.1) is 0 Å². The number of pyridine rings is 1. The van der Waals surface area contributed by atoms with Gasteiger partial charge in [0.15, 0.2) is 5.65 Å². The third-order valence-electron chi connectivity index (χ3n) is 1.91. The number of imidazole rings is 1. The zero-order chi connectivity index (χ0) is 9.42. The summed E-state index contributed by atoms with van der Waals surface area (Å²) in [6.45, 7) is 1.98. The Balaban J connectivity index is 2.85. The van der Waals surface area contributed by atoms with E-state index < -0.39 is 0 Å². The Morgan fingerprint density at radius 2 is 2.23 bits per heavy atom. The molecule has 5 heteroatoms. The minimum Gasteiger partial charge on any atom is -0.342 e. The number of nitrogens with zero attached hydrogens (tertiary/aromatic N) is 2. The Labute approximate surface area is 85.1 Å². The first kappa shape index (κ1) is 8.78. The molecule has 0 fully saturated rings. The summed E-state index contributed by atoms with van der Waals surface area (Å²) in [6.07, 6.45) is 2.32. The van der Waals surface area contributed by atoms with Crippen molar-refractivity contribution in [2.24, 2.45) is 0 Å². The minimum atomic E-state index is 0.437. The Morgan fingerprint density at radius 1 is 1.46 bits per heavy atom. The van der Waals surface area contributed by atoms with Gasteiger partial charge in [0, 0.05) is 5.56 Å². The van der Waals surface area contributed by atoms with Crippen molar-refractivity contribution in [3.05, 3.63) is 22.1 Å². The number of hydrogen-bond donors (Lipinski definition) is 1. The van der Waals surface area contributed by atoms with Crippen LogP contribution in [-0.2, 0) is 6.42 Å². The molecule has 0 aliphatic heterocycles. The SMILES string of the molecule is CCc1c(Cl)nc2nc[nH]c2c1Cl. The van der Waals surface area contributed by atoms with Crippen molar-refractivity contribution in [3.8, 4) is 0 Å². The standard InChI is InChI=1S/C8H7Cl2N3/c1-2-4-5(9)6-8(12-3-11-6)13-7(4)10/h3H,2H2,1H3,(H,11,12,13). The predicted octanol–water partition coefficient (Wildman–Crippen LogP) is 2.83. The molecular weight excluding hydrogens is 209 g/mol. The molecular formula is C8H7Cl2N3. The van der Waals surface area contributed by atoms with Gasteiger partial charge >= 0.3 is 0 Å². The maximum Gasteiger partial charge on any atom is 0.180 e. The molecule has 2 aromatic heterocycles. The van der Waals surface area contributed by atoms with Crippen LogP contribution in [-0.4, -0.2) is 15.0 Å². The summed E-state index contributed by atoms with van der Waals surface area (Å²) in [5, 5.41) is 1.06. The second kappa shape index (κ2) is 3.16. The lowest BCUT2D eigenvalue weighted by Crippen LogP contribution is -1.90. The van der Waals surface area contributed by atoms with E-state index in [4.69, 9.17) is 23.2 Å². The molecule has 0 amide bonds. The van der Waals surface area contributed by atoms with Gasteiger partial charge in [-0.1, -0.05) is 30.1 Å². The van der Waals surface area contributed by atoms with Gasteiger partial charge in [-0.05, 0) is 6.42 Å². The van der Waals surface area contributed by atoms with Crippen LogP contribution in [0.25, 0.3) is 11.2 Å².